The number of benzene rings is 2. The molecule has 0 spiro atoms. The molecule has 1 aromatic heterocycles. The van der Waals surface area contributed by atoms with Crippen LogP contribution in [0, 0.1) is 0 Å². The summed E-state index contributed by atoms with van der Waals surface area (Å²) in [6, 6.07) is 12.6. The zero-order chi connectivity index (χ0) is 19.9. The Labute approximate surface area is 171 Å². The highest BCUT2D eigenvalue weighted by Gasteiger charge is 2.12. The van der Waals surface area contributed by atoms with Gasteiger partial charge in [0.15, 0.2) is 17.3 Å². The quantitative estimate of drug-likeness (QED) is 0.305. The summed E-state index contributed by atoms with van der Waals surface area (Å²) >= 11 is 3.39. The summed E-state index contributed by atoms with van der Waals surface area (Å²) in [4.78, 5) is 12.2. The molecular formula is C21H19BrN2O4. The van der Waals surface area contributed by atoms with Crippen LogP contribution in [0.15, 0.2) is 69.1 Å². The molecule has 0 radical (unpaired) electrons. The standard InChI is InChI=1S/C21H19BrN2O4/c1-3-9-27-18-7-5-14(10-19(18)26-4-2)13-23-24-21(25)20-12-15-11-16(22)6-8-17(15)28-20/h3,5-8,10-13H,1,4,9H2,2H3,(H,24,25). The minimum Gasteiger partial charge on any atom is -0.490 e. The number of furan rings is 1. The molecule has 144 valence electrons. The minimum absolute atomic E-state index is 0.188. The maximum atomic E-state index is 12.2. The first-order valence-electron chi connectivity index (χ1n) is 8.63. The highest BCUT2D eigenvalue weighted by Crippen LogP contribution is 2.28. The van der Waals surface area contributed by atoms with Crippen LogP contribution in [-0.4, -0.2) is 25.3 Å². The van der Waals surface area contributed by atoms with Crippen molar-refractivity contribution in [2.75, 3.05) is 13.2 Å². The number of fused-ring (bicyclic) bond motifs is 1. The normalized spacial score (nSPS) is 10.9. The Morgan fingerprint density at radius 3 is 2.86 bits per heavy atom. The fraction of sp³-hybridized carbons (Fsp3) is 0.143. The second-order valence-electron chi connectivity index (χ2n) is 5.73. The summed E-state index contributed by atoms with van der Waals surface area (Å²) < 4.78 is 17.6. The first-order valence-corrected chi connectivity index (χ1v) is 9.43. The average molecular weight is 443 g/mol. The van der Waals surface area contributed by atoms with E-state index in [9.17, 15) is 4.79 Å². The van der Waals surface area contributed by atoms with E-state index in [4.69, 9.17) is 13.9 Å². The zero-order valence-electron chi connectivity index (χ0n) is 15.3. The molecule has 0 atom stereocenters. The highest BCUT2D eigenvalue weighted by molar-refractivity contribution is 9.10. The molecule has 1 heterocycles. The van der Waals surface area contributed by atoms with Crippen LogP contribution in [0.2, 0.25) is 0 Å². The molecule has 0 bridgehead atoms. The number of amides is 1. The summed E-state index contributed by atoms with van der Waals surface area (Å²) in [6.45, 7) is 6.42. The molecule has 1 amide bonds. The predicted molar refractivity (Wildman–Crippen MR) is 112 cm³/mol. The molecule has 3 rings (SSSR count). The number of nitrogens with zero attached hydrogens (tertiary/aromatic N) is 1. The van der Waals surface area contributed by atoms with Crippen molar-refractivity contribution in [1.82, 2.24) is 5.43 Å². The largest absolute Gasteiger partial charge is 0.490 e. The van der Waals surface area contributed by atoms with Crippen LogP contribution < -0.4 is 14.9 Å². The Hall–Kier alpha value is -3.06. The van der Waals surface area contributed by atoms with Crippen molar-refractivity contribution in [2.24, 2.45) is 5.10 Å². The molecule has 2 aromatic carbocycles. The van der Waals surface area contributed by atoms with Crippen LogP contribution in [-0.2, 0) is 0 Å². The van der Waals surface area contributed by atoms with Crippen molar-refractivity contribution in [3.8, 4) is 11.5 Å². The van der Waals surface area contributed by atoms with Gasteiger partial charge in [0.25, 0.3) is 0 Å². The summed E-state index contributed by atoms with van der Waals surface area (Å²) in [6.07, 6.45) is 3.19. The molecule has 0 fully saturated rings. The molecule has 0 unspecified atom stereocenters. The lowest BCUT2D eigenvalue weighted by Gasteiger charge is -2.11. The van der Waals surface area contributed by atoms with Crippen molar-refractivity contribution in [1.29, 1.82) is 0 Å². The second kappa shape index (κ2) is 9.23. The summed E-state index contributed by atoms with van der Waals surface area (Å²) in [7, 11) is 0. The second-order valence-corrected chi connectivity index (χ2v) is 6.65. The van der Waals surface area contributed by atoms with Crippen LogP contribution in [0.3, 0.4) is 0 Å². The fourth-order valence-corrected chi connectivity index (χ4v) is 2.87. The molecular weight excluding hydrogens is 424 g/mol. The van der Waals surface area contributed by atoms with E-state index in [2.05, 4.69) is 33.0 Å². The molecule has 0 aliphatic carbocycles. The minimum atomic E-state index is -0.431. The molecule has 3 aromatic rings. The van der Waals surface area contributed by atoms with Crippen molar-refractivity contribution < 1.29 is 18.7 Å². The summed E-state index contributed by atoms with van der Waals surface area (Å²) in [5.74, 6) is 0.979. The van der Waals surface area contributed by atoms with Crippen LogP contribution in [0.1, 0.15) is 23.0 Å². The SMILES string of the molecule is C=CCOc1ccc(C=NNC(=O)c2cc3cc(Br)ccc3o2)cc1OCC. The van der Waals surface area contributed by atoms with E-state index in [1.54, 1.807) is 30.3 Å². The van der Waals surface area contributed by atoms with Gasteiger partial charge in [0.05, 0.1) is 12.8 Å². The van der Waals surface area contributed by atoms with Crippen LogP contribution in [0.4, 0.5) is 0 Å². The van der Waals surface area contributed by atoms with Gasteiger partial charge in [0, 0.05) is 9.86 Å². The van der Waals surface area contributed by atoms with Gasteiger partial charge in [-0.25, -0.2) is 5.43 Å². The van der Waals surface area contributed by atoms with Crippen LogP contribution in [0.5, 0.6) is 11.5 Å². The smallest absolute Gasteiger partial charge is 0.307 e. The van der Waals surface area contributed by atoms with E-state index >= 15 is 0 Å². The lowest BCUT2D eigenvalue weighted by Crippen LogP contribution is -2.16. The molecule has 0 saturated heterocycles. The van der Waals surface area contributed by atoms with Gasteiger partial charge in [-0.2, -0.15) is 5.10 Å². The lowest BCUT2D eigenvalue weighted by molar-refractivity contribution is 0.0929. The van der Waals surface area contributed by atoms with E-state index in [1.807, 2.05) is 25.1 Å². The van der Waals surface area contributed by atoms with Gasteiger partial charge in [-0.15, -0.1) is 0 Å². The Bertz CT molecular complexity index is 1030. The third-order valence-electron chi connectivity index (χ3n) is 3.71. The number of carbonyl (C=O) groups excluding carboxylic acids is 1. The third-order valence-corrected chi connectivity index (χ3v) is 4.20. The number of carbonyl (C=O) groups is 1. The Morgan fingerprint density at radius 1 is 1.21 bits per heavy atom. The number of hydrogen-bond donors (Lipinski definition) is 1. The number of hydrazone groups is 1. The van der Waals surface area contributed by atoms with Gasteiger partial charge in [-0.1, -0.05) is 28.6 Å². The predicted octanol–water partition coefficient (Wildman–Crippen LogP) is 4.92. The molecule has 0 aliphatic heterocycles. The first-order chi connectivity index (χ1) is 13.6. The first kappa shape index (κ1) is 19.7. The van der Waals surface area contributed by atoms with Gasteiger partial charge in [0.2, 0.25) is 0 Å². The number of ether oxygens (including phenoxy) is 2. The van der Waals surface area contributed by atoms with Crippen molar-refractivity contribution in [3.05, 3.63) is 70.9 Å². The Morgan fingerprint density at radius 2 is 2.07 bits per heavy atom. The van der Waals surface area contributed by atoms with Gasteiger partial charge in [0.1, 0.15) is 12.2 Å². The van der Waals surface area contributed by atoms with E-state index in [-0.39, 0.29) is 5.76 Å². The molecule has 7 heteroatoms. The van der Waals surface area contributed by atoms with Crippen molar-refractivity contribution in [3.63, 3.8) is 0 Å². The maximum absolute atomic E-state index is 12.2. The summed E-state index contributed by atoms with van der Waals surface area (Å²) in [5.41, 5.74) is 3.85. The van der Waals surface area contributed by atoms with E-state index in [0.29, 0.717) is 30.3 Å². The van der Waals surface area contributed by atoms with Crippen molar-refractivity contribution >= 4 is 39.0 Å². The van der Waals surface area contributed by atoms with E-state index in [0.717, 1.165) is 15.4 Å². The number of hydrogen-bond acceptors (Lipinski definition) is 5. The Balaban J connectivity index is 1.69. The number of nitrogens with one attached hydrogen (secondary N) is 1. The summed E-state index contributed by atoms with van der Waals surface area (Å²) in [5, 5.41) is 4.83. The Kier molecular flexibility index (Phi) is 6.49. The number of halogens is 1. The van der Waals surface area contributed by atoms with Gasteiger partial charge in [-0.3, -0.25) is 4.79 Å². The molecule has 6 nitrogen and oxygen atoms in total. The molecule has 28 heavy (non-hydrogen) atoms. The van der Waals surface area contributed by atoms with Crippen LogP contribution in [0.25, 0.3) is 11.0 Å². The van der Waals surface area contributed by atoms with Crippen molar-refractivity contribution in [2.45, 2.75) is 6.92 Å². The van der Waals surface area contributed by atoms with Gasteiger partial charge >= 0.3 is 5.91 Å². The van der Waals surface area contributed by atoms with Crippen LogP contribution >= 0.6 is 15.9 Å². The van der Waals surface area contributed by atoms with E-state index < -0.39 is 5.91 Å². The van der Waals surface area contributed by atoms with Gasteiger partial charge in [-0.05, 0) is 55.0 Å². The van der Waals surface area contributed by atoms with E-state index in [1.165, 1.54) is 6.21 Å². The zero-order valence-corrected chi connectivity index (χ0v) is 16.9. The monoisotopic (exact) mass is 442 g/mol. The third kappa shape index (κ3) is 4.80. The molecule has 1 N–H and O–H groups in total. The fourth-order valence-electron chi connectivity index (χ4n) is 2.49. The lowest BCUT2D eigenvalue weighted by atomic mass is 10.2. The molecule has 0 saturated carbocycles. The number of rotatable bonds is 8. The molecule has 0 aliphatic rings. The maximum Gasteiger partial charge on any atom is 0.307 e. The van der Waals surface area contributed by atoms with Gasteiger partial charge < -0.3 is 13.9 Å². The average Bonchev–Trinajstić information content (AvgIpc) is 3.11. The highest BCUT2D eigenvalue weighted by atomic mass is 79.9. The topological polar surface area (TPSA) is 73.1 Å².